The van der Waals surface area contributed by atoms with Gasteiger partial charge in [0.25, 0.3) is 0 Å². The second-order valence-corrected chi connectivity index (χ2v) is 6.98. The highest BCUT2D eigenvalue weighted by Gasteiger charge is 2.20. The Kier molecular flexibility index (Phi) is 5.30. The summed E-state index contributed by atoms with van der Waals surface area (Å²) in [5.74, 6) is 0. The van der Waals surface area contributed by atoms with Crippen molar-refractivity contribution in [3.63, 3.8) is 0 Å². The van der Waals surface area contributed by atoms with Gasteiger partial charge in [-0.3, -0.25) is 0 Å². The Labute approximate surface area is 168 Å². The van der Waals surface area contributed by atoms with E-state index in [1.165, 1.54) is 0 Å². The maximum absolute atomic E-state index is 10.0. The third-order valence-electron chi connectivity index (χ3n) is 4.58. The van der Waals surface area contributed by atoms with Gasteiger partial charge in [-0.2, -0.15) is 0 Å². The smallest absolute Gasteiger partial charge is 0.0978 e. The monoisotopic (exact) mass is 393 g/mol. The Morgan fingerprint density at radius 2 is 1.82 bits per heavy atom. The molecule has 1 unspecified atom stereocenters. The molecule has 0 saturated heterocycles. The predicted molar refractivity (Wildman–Crippen MR) is 111 cm³/mol. The van der Waals surface area contributed by atoms with Gasteiger partial charge in [-0.1, -0.05) is 48.0 Å². The number of hydrogen-bond acceptors (Lipinski definition) is 3. The van der Waals surface area contributed by atoms with Crippen LogP contribution in [0.3, 0.4) is 0 Å². The lowest BCUT2D eigenvalue weighted by Crippen LogP contribution is -2.20. The van der Waals surface area contributed by atoms with Crippen LogP contribution in [0.2, 0.25) is 5.02 Å². The molecule has 2 heterocycles. The third-order valence-corrected chi connectivity index (χ3v) is 4.82. The van der Waals surface area contributed by atoms with Gasteiger partial charge >= 0.3 is 0 Å². The molecule has 0 amide bonds. The Morgan fingerprint density at radius 1 is 1.00 bits per heavy atom. The molecular weight excluding hydrogens is 374 g/mol. The SMILES string of the molecule is OCC(O)Cn1cnc(-c2ccccc2)c1-c1cccn1-c1cccc(Cl)c1. The molecule has 28 heavy (non-hydrogen) atoms. The number of rotatable bonds is 6. The molecule has 0 aliphatic carbocycles. The molecule has 142 valence electrons. The van der Waals surface area contributed by atoms with Crippen LogP contribution < -0.4 is 0 Å². The van der Waals surface area contributed by atoms with Gasteiger partial charge in [0.1, 0.15) is 0 Å². The number of benzene rings is 2. The van der Waals surface area contributed by atoms with Gasteiger partial charge in [-0.05, 0) is 30.3 Å². The lowest BCUT2D eigenvalue weighted by atomic mass is 10.1. The van der Waals surface area contributed by atoms with Crippen molar-refractivity contribution in [2.45, 2.75) is 12.6 Å². The number of aromatic nitrogens is 3. The maximum Gasteiger partial charge on any atom is 0.0978 e. The Balaban J connectivity index is 1.89. The summed E-state index contributed by atoms with van der Waals surface area (Å²) in [7, 11) is 0. The zero-order chi connectivity index (χ0) is 19.5. The van der Waals surface area contributed by atoms with Crippen molar-refractivity contribution in [1.82, 2.24) is 14.1 Å². The Hall–Kier alpha value is -2.86. The van der Waals surface area contributed by atoms with Crippen LogP contribution in [0.1, 0.15) is 0 Å². The van der Waals surface area contributed by atoms with Gasteiger partial charge in [0.15, 0.2) is 0 Å². The summed E-state index contributed by atoms with van der Waals surface area (Å²) in [6.07, 6.45) is 2.80. The molecule has 4 rings (SSSR count). The first-order chi connectivity index (χ1) is 13.7. The number of nitrogens with zero attached hydrogens (tertiary/aromatic N) is 3. The molecule has 1 atom stereocenters. The van der Waals surface area contributed by atoms with Crippen LogP contribution in [0.4, 0.5) is 0 Å². The lowest BCUT2D eigenvalue weighted by Gasteiger charge is -2.16. The topological polar surface area (TPSA) is 63.2 Å². The molecule has 6 heteroatoms. The molecular formula is C22H20ClN3O2. The van der Waals surface area contributed by atoms with Crippen molar-refractivity contribution in [1.29, 1.82) is 0 Å². The summed E-state index contributed by atoms with van der Waals surface area (Å²) in [5, 5.41) is 20.0. The fraction of sp³-hybridized carbons (Fsp3) is 0.136. The average molecular weight is 394 g/mol. The predicted octanol–water partition coefficient (Wildman–Crippen LogP) is 4.01. The van der Waals surface area contributed by atoms with Gasteiger partial charge in [0.2, 0.25) is 0 Å². The van der Waals surface area contributed by atoms with E-state index in [0.717, 1.165) is 28.3 Å². The molecule has 0 radical (unpaired) electrons. The summed E-state index contributed by atoms with van der Waals surface area (Å²) in [6, 6.07) is 21.5. The molecule has 0 bridgehead atoms. The van der Waals surface area contributed by atoms with Gasteiger partial charge in [0, 0.05) is 22.5 Å². The van der Waals surface area contributed by atoms with Gasteiger partial charge in [-0.25, -0.2) is 4.98 Å². The van der Waals surface area contributed by atoms with E-state index in [1.54, 1.807) is 6.33 Å². The van der Waals surface area contributed by atoms with Crippen LogP contribution in [-0.4, -0.2) is 37.0 Å². The summed E-state index contributed by atoms with van der Waals surface area (Å²) in [4.78, 5) is 4.61. The number of aliphatic hydroxyl groups is 2. The molecule has 4 aromatic rings. The highest BCUT2D eigenvalue weighted by molar-refractivity contribution is 6.30. The van der Waals surface area contributed by atoms with E-state index in [2.05, 4.69) is 4.98 Å². The second-order valence-electron chi connectivity index (χ2n) is 6.54. The third kappa shape index (κ3) is 3.60. The number of hydrogen-bond donors (Lipinski definition) is 2. The molecule has 0 fully saturated rings. The molecule has 0 aliphatic rings. The first-order valence-electron chi connectivity index (χ1n) is 9.00. The summed E-state index contributed by atoms with van der Waals surface area (Å²) in [5.41, 5.74) is 4.51. The van der Waals surface area contributed by atoms with E-state index in [-0.39, 0.29) is 13.2 Å². The van der Waals surface area contributed by atoms with Crippen molar-refractivity contribution < 1.29 is 10.2 Å². The molecule has 5 nitrogen and oxygen atoms in total. The summed E-state index contributed by atoms with van der Waals surface area (Å²) < 4.78 is 3.91. The molecule has 0 spiro atoms. The minimum atomic E-state index is -0.869. The highest BCUT2D eigenvalue weighted by Crippen LogP contribution is 2.33. The zero-order valence-electron chi connectivity index (χ0n) is 15.1. The lowest BCUT2D eigenvalue weighted by molar-refractivity contribution is 0.0815. The first-order valence-corrected chi connectivity index (χ1v) is 9.38. The summed E-state index contributed by atoms with van der Waals surface area (Å²) >= 11 is 6.19. The van der Waals surface area contributed by atoms with E-state index in [1.807, 2.05) is 82.1 Å². The largest absolute Gasteiger partial charge is 0.394 e. The summed E-state index contributed by atoms with van der Waals surface area (Å²) in [6.45, 7) is -0.0695. The van der Waals surface area contributed by atoms with E-state index >= 15 is 0 Å². The van der Waals surface area contributed by atoms with Crippen LogP contribution >= 0.6 is 11.6 Å². The minimum Gasteiger partial charge on any atom is -0.394 e. The number of aliphatic hydroxyl groups excluding tert-OH is 2. The quantitative estimate of drug-likeness (QED) is 0.520. The normalized spacial score (nSPS) is 12.2. The van der Waals surface area contributed by atoms with Crippen LogP contribution in [-0.2, 0) is 6.54 Å². The standard InChI is InChI=1S/C22H20ClN3O2/c23-17-8-4-9-18(12-17)26-11-5-10-20(26)22-21(16-6-2-1-3-7-16)24-15-25(22)13-19(28)14-27/h1-12,15,19,27-28H,13-14H2. The van der Waals surface area contributed by atoms with Crippen molar-refractivity contribution >= 4 is 11.6 Å². The maximum atomic E-state index is 10.0. The first kappa shape index (κ1) is 18.5. The van der Waals surface area contributed by atoms with Gasteiger partial charge in [0.05, 0.1) is 42.7 Å². The van der Waals surface area contributed by atoms with Crippen LogP contribution in [0.25, 0.3) is 28.3 Å². The van der Waals surface area contributed by atoms with Crippen LogP contribution in [0.5, 0.6) is 0 Å². The van der Waals surface area contributed by atoms with Crippen LogP contribution in [0, 0.1) is 0 Å². The number of halogens is 1. The van der Waals surface area contributed by atoms with Crippen molar-refractivity contribution in [3.8, 4) is 28.3 Å². The highest BCUT2D eigenvalue weighted by atomic mass is 35.5. The Morgan fingerprint density at radius 3 is 2.57 bits per heavy atom. The zero-order valence-corrected chi connectivity index (χ0v) is 15.9. The Bertz CT molecular complexity index is 1070. The molecule has 2 aromatic heterocycles. The van der Waals surface area contributed by atoms with Crippen LogP contribution in [0.15, 0.2) is 79.3 Å². The van der Waals surface area contributed by atoms with Crippen molar-refractivity contribution in [2.75, 3.05) is 6.61 Å². The average Bonchev–Trinajstić information content (AvgIpc) is 3.35. The fourth-order valence-corrected chi connectivity index (χ4v) is 3.49. The van der Waals surface area contributed by atoms with Crippen molar-refractivity contribution in [2.24, 2.45) is 0 Å². The molecule has 2 N–H and O–H groups in total. The number of imidazole rings is 1. The molecule has 0 aliphatic heterocycles. The van der Waals surface area contributed by atoms with Crippen molar-refractivity contribution in [3.05, 3.63) is 84.3 Å². The minimum absolute atomic E-state index is 0.242. The van der Waals surface area contributed by atoms with Gasteiger partial charge in [-0.15, -0.1) is 0 Å². The molecule has 0 saturated carbocycles. The second kappa shape index (κ2) is 8.02. The van der Waals surface area contributed by atoms with E-state index in [0.29, 0.717) is 5.02 Å². The van der Waals surface area contributed by atoms with E-state index in [9.17, 15) is 10.2 Å². The van der Waals surface area contributed by atoms with E-state index < -0.39 is 6.10 Å². The molecule has 2 aromatic carbocycles. The fourth-order valence-electron chi connectivity index (χ4n) is 3.31. The van der Waals surface area contributed by atoms with E-state index in [4.69, 9.17) is 11.6 Å². The van der Waals surface area contributed by atoms with Gasteiger partial charge < -0.3 is 19.3 Å².